The molecule has 1 heterocycles. The molecule has 4 rings (SSSR count). The number of amides is 2. The maximum absolute atomic E-state index is 13.3. The molecule has 3 aromatic carbocycles. The Hall–Kier alpha value is -3.85. The van der Waals surface area contributed by atoms with Crippen molar-refractivity contribution >= 4 is 40.1 Å². The van der Waals surface area contributed by atoms with Crippen molar-refractivity contribution in [2.75, 3.05) is 19.5 Å². The highest BCUT2D eigenvalue weighted by atomic mass is 32.2. The standard InChI is InChI=1S/C26H24FN3O4S/c1-33-21-11-3-17(4-12-21)16-30-25(32)23(15-24(31)28-19-7-5-18(27)6-8-19)35-26(30)29-20-9-13-22(34-2)14-10-20/h3-14,23H,15-16H2,1-2H3,(H,28,31)/t23-/m1/s1. The van der Waals surface area contributed by atoms with E-state index in [2.05, 4.69) is 10.3 Å². The molecule has 1 saturated heterocycles. The van der Waals surface area contributed by atoms with Crippen LogP contribution in [0.4, 0.5) is 15.8 Å². The zero-order valence-corrected chi connectivity index (χ0v) is 20.0. The van der Waals surface area contributed by atoms with Crippen LogP contribution in [0, 0.1) is 5.82 Å². The van der Waals surface area contributed by atoms with Crippen LogP contribution in [0.2, 0.25) is 0 Å². The summed E-state index contributed by atoms with van der Waals surface area (Å²) in [7, 11) is 3.18. The molecule has 1 aliphatic rings. The monoisotopic (exact) mass is 493 g/mol. The Kier molecular flexibility index (Phi) is 7.67. The predicted octanol–water partition coefficient (Wildman–Crippen LogP) is 5.00. The van der Waals surface area contributed by atoms with Crippen LogP contribution in [0.3, 0.4) is 0 Å². The van der Waals surface area contributed by atoms with E-state index in [1.807, 2.05) is 24.3 Å². The number of aliphatic imine (C=N–C) groups is 1. The van der Waals surface area contributed by atoms with E-state index in [0.717, 1.165) is 11.3 Å². The summed E-state index contributed by atoms with van der Waals surface area (Å²) in [6, 6.07) is 20.1. The fourth-order valence-electron chi connectivity index (χ4n) is 3.46. The lowest BCUT2D eigenvalue weighted by atomic mass is 10.2. The summed E-state index contributed by atoms with van der Waals surface area (Å²) in [4.78, 5) is 32.2. The average molecular weight is 494 g/mol. The van der Waals surface area contributed by atoms with Gasteiger partial charge in [-0.25, -0.2) is 9.38 Å². The number of thioether (sulfide) groups is 1. The number of hydrogen-bond acceptors (Lipinski definition) is 6. The van der Waals surface area contributed by atoms with Crippen molar-refractivity contribution in [2.45, 2.75) is 18.2 Å². The van der Waals surface area contributed by atoms with Crippen LogP contribution in [0.25, 0.3) is 0 Å². The minimum atomic E-state index is -0.634. The topological polar surface area (TPSA) is 80.2 Å². The van der Waals surface area contributed by atoms with Crippen molar-refractivity contribution < 1.29 is 23.5 Å². The van der Waals surface area contributed by atoms with Gasteiger partial charge in [0.2, 0.25) is 11.8 Å². The number of rotatable bonds is 8. The number of carbonyl (C=O) groups excluding carboxylic acids is 2. The Morgan fingerprint density at radius 3 is 2.17 bits per heavy atom. The molecule has 2 amide bonds. The number of halogens is 1. The SMILES string of the molecule is COc1ccc(CN2C(=O)[C@@H](CC(=O)Nc3ccc(F)cc3)SC2=Nc2ccc(OC)cc2)cc1. The zero-order chi connectivity index (χ0) is 24.8. The molecule has 9 heteroatoms. The van der Waals surface area contributed by atoms with Gasteiger partial charge in [0.15, 0.2) is 5.17 Å². The van der Waals surface area contributed by atoms with Gasteiger partial charge in [-0.15, -0.1) is 0 Å². The fourth-order valence-corrected chi connectivity index (χ4v) is 4.62. The lowest BCUT2D eigenvalue weighted by Gasteiger charge is -2.17. The maximum Gasteiger partial charge on any atom is 0.242 e. The number of ether oxygens (including phenoxy) is 2. The van der Waals surface area contributed by atoms with Crippen molar-refractivity contribution in [1.29, 1.82) is 0 Å². The Bertz CT molecular complexity index is 1210. The molecular formula is C26H24FN3O4S. The predicted molar refractivity (Wildman–Crippen MR) is 135 cm³/mol. The number of benzene rings is 3. The van der Waals surface area contributed by atoms with Crippen LogP contribution in [0.1, 0.15) is 12.0 Å². The third-order valence-electron chi connectivity index (χ3n) is 5.32. The van der Waals surface area contributed by atoms with Gasteiger partial charge in [0, 0.05) is 12.1 Å². The van der Waals surface area contributed by atoms with Crippen LogP contribution in [0.5, 0.6) is 11.5 Å². The van der Waals surface area contributed by atoms with E-state index >= 15 is 0 Å². The third kappa shape index (κ3) is 6.19. The van der Waals surface area contributed by atoms with Crippen LogP contribution in [-0.4, -0.2) is 41.4 Å². The number of carbonyl (C=O) groups is 2. The lowest BCUT2D eigenvalue weighted by Crippen LogP contribution is -2.33. The van der Waals surface area contributed by atoms with E-state index < -0.39 is 11.1 Å². The number of hydrogen-bond donors (Lipinski definition) is 1. The Balaban J connectivity index is 1.54. The minimum Gasteiger partial charge on any atom is -0.497 e. The number of nitrogens with zero attached hydrogens (tertiary/aromatic N) is 2. The van der Waals surface area contributed by atoms with Gasteiger partial charge in [-0.3, -0.25) is 14.5 Å². The summed E-state index contributed by atoms with van der Waals surface area (Å²) in [5.74, 6) is 0.496. The van der Waals surface area contributed by atoms with Crippen molar-refractivity contribution in [3.05, 3.63) is 84.2 Å². The van der Waals surface area contributed by atoms with Crippen molar-refractivity contribution in [3.8, 4) is 11.5 Å². The van der Waals surface area contributed by atoms with E-state index in [9.17, 15) is 14.0 Å². The summed E-state index contributed by atoms with van der Waals surface area (Å²) in [6.07, 6.45) is -0.0401. The molecule has 0 spiro atoms. The van der Waals surface area contributed by atoms with Crippen molar-refractivity contribution in [1.82, 2.24) is 4.90 Å². The first-order valence-corrected chi connectivity index (χ1v) is 11.7. The van der Waals surface area contributed by atoms with Gasteiger partial charge in [0.1, 0.15) is 22.6 Å². The van der Waals surface area contributed by atoms with Gasteiger partial charge in [-0.1, -0.05) is 23.9 Å². The highest BCUT2D eigenvalue weighted by molar-refractivity contribution is 8.15. The molecule has 0 aliphatic carbocycles. The van der Waals surface area contributed by atoms with E-state index in [0.29, 0.717) is 28.8 Å². The fraction of sp³-hybridized carbons (Fsp3) is 0.192. The quantitative estimate of drug-likeness (QED) is 0.478. The first-order valence-electron chi connectivity index (χ1n) is 10.8. The summed E-state index contributed by atoms with van der Waals surface area (Å²) in [5, 5.41) is 2.59. The van der Waals surface area contributed by atoms with Gasteiger partial charge in [0.25, 0.3) is 0 Å². The molecule has 180 valence electrons. The molecule has 1 N–H and O–H groups in total. The molecule has 7 nitrogen and oxygen atoms in total. The van der Waals surface area contributed by atoms with Crippen molar-refractivity contribution in [2.24, 2.45) is 4.99 Å². The van der Waals surface area contributed by atoms with E-state index in [1.54, 1.807) is 43.4 Å². The van der Waals surface area contributed by atoms with Gasteiger partial charge in [0.05, 0.1) is 26.5 Å². The van der Waals surface area contributed by atoms with Crippen LogP contribution >= 0.6 is 11.8 Å². The molecule has 0 radical (unpaired) electrons. The molecule has 0 saturated carbocycles. The Labute approximate surface area is 207 Å². The number of methoxy groups -OCH3 is 2. The van der Waals surface area contributed by atoms with E-state index in [4.69, 9.17) is 9.47 Å². The molecule has 35 heavy (non-hydrogen) atoms. The van der Waals surface area contributed by atoms with Crippen LogP contribution in [0.15, 0.2) is 77.8 Å². The third-order valence-corrected chi connectivity index (χ3v) is 6.49. The van der Waals surface area contributed by atoms with E-state index in [-0.39, 0.29) is 18.2 Å². The van der Waals surface area contributed by atoms with E-state index in [1.165, 1.54) is 36.0 Å². The second-order valence-corrected chi connectivity index (χ2v) is 8.90. The summed E-state index contributed by atoms with van der Waals surface area (Å²) in [5.41, 5.74) is 2.03. The minimum absolute atomic E-state index is 0.0401. The molecule has 0 bridgehead atoms. The van der Waals surface area contributed by atoms with Gasteiger partial charge >= 0.3 is 0 Å². The highest BCUT2D eigenvalue weighted by Gasteiger charge is 2.39. The molecular weight excluding hydrogens is 469 g/mol. The van der Waals surface area contributed by atoms with Crippen LogP contribution < -0.4 is 14.8 Å². The summed E-state index contributed by atoms with van der Waals surface area (Å²) < 4.78 is 23.5. The average Bonchev–Trinajstić information content (AvgIpc) is 3.15. The molecule has 1 fully saturated rings. The second kappa shape index (κ2) is 11.1. The zero-order valence-electron chi connectivity index (χ0n) is 19.2. The molecule has 1 aliphatic heterocycles. The van der Waals surface area contributed by atoms with Gasteiger partial charge in [-0.05, 0) is 66.2 Å². The molecule has 3 aromatic rings. The maximum atomic E-state index is 13.3. The lowest BCUT2D eigenvalue weighted by molar-refractivity contribution is -0.128. The van der Waals surface area contributed by atoms with Gasteiger partial charge < -0.3 is 14.8 Å². The molecule has 0 aromatic heterocycles. The second-order valence-electron chi connectivity index (χ2n) is 7.73. The Morgan fingerprint density at radius 2 is 1.57 bits per heavy atom. The van der Waals surface area contributed by atoms with Crippen molar-refractivity contribution in [3.63, 3.8) is 0 Å². The highest BCUT2D eigenvalue weighted by Crippen LogP contribution is 2.33. The first kappa shape index (κ1) is 24.3. The van der Waals surface area contributed by atoms with Crippen LogP contribution in [-0.2, 0) is 16.1 Å². The number of anilines is 1. The Morgan fingerprint density at radius 1 is 0.971 bits per heavy atom. The number of nitrogens with one attached hydrogen (secondary N) is 1. The molecule has 1 atom stereocenters. The normalized spacial score (nSPS) is 16.4. The smallest absolute Gasteiger partial charge is 0.242 e. The summed E-state index contributed by atoms with van der Waals surface area (Å²) in [6.45, 7) is 0.306. The summed E-state index contributed by atoms with van der Waals surface area (Å²) >= 11 is 1.25. The number of amidine groups is 1. The first-order chi connectivity index (χ1) is 16.9. The molecule has 0 unspecified atom stereocenters. The van der Waals surface area contributed by atoms with Gasteiger partial charge in [-0.2, -0.15) is 0 Å². The largest absolute Gasteiger partial charge is 0.497 e.